The number of nitrogens with one attached hydrogen (secondary N) is 1. The molecule has 0 fully saturated rings. The molecule has 1 aliphatic rings. The van der Waals surface area contributed by atoms with Crippen LogP contribution in [0, 0.1) is 18.2 Å². The summed E-state index contributed by atoms with van der Waals surface area (Å²) in [6.45, 7) is 12.3. The number of hydrogen-bond donors (Lipinski definition) is 1. The van der Waals surface area contributed by atoms with Gasteiger partial charge in [0.2, 0.25) is 5.91 Å². The standard InChI is InChI=1S/C26H35FN2OS/c1-6-31-23-15-22-21(18(2)25(23)28-24(30)16-26(3,4)5)9-7-8-14-29(22)17-19-10-12-20(27)13-11-19/h10-13,15H,6-9,14,16-17H2,1-5H3,(H,28,30). The highest BCUT2D eigenvalue weighted by Gasteiger charge is 2.24. The van der Waals surface area contributed by atoms with Gasteiger partial charge in [-0.3, -0.25) is 4.79 Å². The van der Waals surface area contributed by atoms with Crippen molar-refractivity contribution in [1.29, 1.82) is 0 Å². The van der Waals surface area contributed by atoms with Gasteiger partial charge in [0.05, 0.1) is 5.69 Å². The number of fused-ring (bicyclic) bond motifs is 1. The molecule has 168 valence electrons. The van der Waals surface area contributed by atoms with Gasteiger partial charge in [-0.05, 0) is 72.2 Å². The highest BCUT2D eigenvalue weighted by Crippen LogP contribution is 2.41. The molecule has 0 radical (unpaired) electrons. The molecule has 0 aliphatic carbocycles. The zero-order valence-corrected chi connectivity index (χ0v) is 20.3. The van der Waals surface area contributed by atoms with Crippen LogP contribution in [0.4, 0.5) is 15.8 Å². The maximum absolute atomic E-state index is 13.4. The topological polar surface area (TPSA) is 32.3 Å². The van der Waals surface area contributed by atoms with Gasteiger partial charge in [0.25, 0.3) is 0 Å². The number of halogens is 1. The Bertz CT molecular complexity index is 918. The minimum Gasteiger partial charge on any atom is -0.367 e. The largest absolute Gasteiger partial charge is 0.367 e. The minimum absolute atomic E-state index is 0.0479. The van der Waals surface area contributed by atoms with Crippen molar-refractivity contribution in [3.63, 3.8) is 0 Å². The molecule has 0 unspecified atom stereocenters. The van der Waals surface area contributed by atoms with Crippen LogP contribution in [0.3, 0.4) is 0 Å². The Morgan fingerprint density at radius 1 is 1.19 bits per heavy atom. The molecule has 0 spiro atoms. The summed E-state index contributed by atoms with van der Waals surface area (Å²) < 4.78 is 13.4. The van der Waals surface area contributed by atoms with Gasteiger partial charge in [0.1, 0.15) is 5.82 Å². The summed E-state index contributed by atoms with van der Waals surface area (Å²) in [6.07, 6.45) is 3.76. The van der Waals surface area contributed by atoms with E-state index in [9.17, 15) is 9.18 Å². The lowest BCUT2D eigenvalue weighted by Crippen LogP contribution is -2.25. The SMILES string of the molecule is CCSc1cc2c(c(C)c1NC(=O)CC(C)(C)C)CCCCN2Cc1ccc(F)cc1. The lowest BCUT2D eigenvalue weighted by Gasteiger charge is -2.28. The number of thioether (sulfide) groups is 1. The third-order valence-corrected chi connectivity index (χ3v) is 6.56. The second-order valence-electron chi connectivity index (χ2n) is 9.60. The number of amides is 1. The van der Waals surface area contributed by atoms with E-state index in [2.05, 4.69) is 50.9 Å². The van der Waals surface area contributed by atoms with E-state index in [1.54, 1.807) is 11.8 Å². The fraction of sp³-hybridized carbons (Fsp3) is 0.500. The number of anilines is 2. The quantitative estimate of drug-likeness (QED) is 0.491. The van der Waals surface area contributed by atoms with Crippen molar-refractivity contribution in [2.75, 3.05) is 22.5 Å². The van der Waals surface area contributed by atoms with Crippen LogP contribution in [0.25, 0.3) is 0 Å². The first-order valence-corrected chi connectivity index (χ1v) is 12.2. The molecule has 0 saturated heterocycles. The van der Waals surface area contributed by atoms with E-state index in [0.29, 0.717) is 6.42 Å². The Balaban J connectivity index is 1.98. The van der Waals surface area contributed by atoms with Gasteiger partial charge in [0.15, 0.2) is 0 Å². The monoisotopic (exact) mass is 442 g/mol. The Hall–Kier alpha value is -2.01. The van der Waals surface area contributed by atoms with Crippen molar-refractivity contribution >= 4 is 29.0 Å². The number of nitrogens with zero attached hydrogens (tertiary/aromatic N) is 1. The molecule has 1 N–H and O–H groups in total. The molecule has 2 aromatic rings. The summed E-state index contributed by atoms with van der Waals surface area (Å²) in [6, 6.07) is 9.07. The molecule has 1 heterocycles. The van der Waals surface area contributed by atoms with Crippen molar-refractivity contribution in [2.45, 2.75) is 71.7 Å². The maximum atomic E-state index is 13.4. The van der Waals surface area contributed by atoms with Gasteiger partial charge in [-0.2, -0.15) is 0 Å². The van der Waals surface area contributed by atoms with E-state index in [1.807, 2.05) is 12.1 Å². The lowest BCUT2D eigenvalue weighted by molar-refractivity contribution is -0.117. The zero-order valence-electron chi connectivity index (χ0n) is 19.5. The molecule has 0 saturated carbocycles. The van der Waals surface area contributed by atoms with Crippen molar-refractivity contribution in [3.8, 4) is 0 Å². The van der Waals surface area contributed by atoms with E-state index in [-0.39, 0.29) is 17.1 Å². The highest BCUT2D eigenvalue weighted by molar-refractivity contribution is 7.99. The van der Waals surface area contributed by atoms with Crippen molar-refractivity contribution in [3.05, 3.63) is 52.8 Å². The first-order valence-electron chi connectivity index (χ1n) is 11.3. The number of hydrogen-bond acceptors (Lipinski definition) is 3. The van der Waals surface area contributed by atoms with Gasteiger partial charge in [-0.25, -0.2) is 4.39 Å². The van der Waals surface area contributed by atoms with Gasteiger partial charge in [0, 0.05) is 30.1 Å². The fourth-order valence-electron chi connectivity index (χ4n) is 4.20. The van der Waals surface area contributed by atoms with Crippen molar-refractivity contribution in [2.24, 2.45) is 5.41 Å². The Labute approximate surface area is 190 Å². The van der Waals surface area contributed by atoms with Gasteiger partial charge >= 0.3 is 0 Å². The van der Waals surface area contributed by atoms with Crippen molar-refractivity contribution in [1.82, 2.24) is 0 Å². The summed E-state index contributed by atoms with van der Waals surface area (Å²) in [5.74, 6) is 0.816. The summed E-state index contributed by atoms with van der Waals surface area (Å²) in [7, 11) is 0. The summed E-state index contributed by atoms with van der Waals surface area (Å²) in [5.41, 5.74) is 5.80. The van der Waals surface area contributed by atoms with Crippen molar-refractivity contribution < 1.29 is 9.18 Å². The molecule has 0 bridgehead atoms. The molecule has 5 heteroatoms. The molecule has 31 heavy (non-hydrogen) atoms. The molecular weight excluding hydrogens is 407 g/mol. The molecule has 3 rings (SSSR count). The molecule has 1 amide bonds. The fourth-order valence-corrected chi connectivity index (χ4v) is 5.05. The van der Waals surface area contributed by atoms with E-state index in [4.69, 9.17) is 0 Å². The predicted octanol–water partition coefficient (Wildman–Crippen LogP) is 6.96. The first-order chi connectivity index (χ1) is 14.7. The number of carbonyl (C=O) groups excluding carboxylic acids is 1. The van der Waals surface area contributed by atoms with Crippen LogP contribution in [0.2, 0.25) is 0 Å². The van der Waals surface area contributed by atoms with Gasteiger partial charge in [-0.15, -0.1) is 11.8 Å². The van der Waals surface area contributed by atoms with Crippen LogP contribution in [0.15, 0.2) is 35.2 Å². The Morgan fingerprint density at radius 3 is 2.55 bits per heavy atom. The molecular formula is C26H35FN2OS. The van der Waals surface area contributed by atoms with Crippen LogP contribution in [0.5, 0.6) is 0 Å². The molecule has 0 atom stereocenters. The molecule has 0 aromatic heterocycles. The highest BCUT2D eigenvalue weighted by atomic mass is 32.2. The van der Waals surface area contributed by atoms with Gasteiger partial charge < -0.3 is 10.2 Å². The van der Waals surface area contributed by atoms with Crippen LogP contribution in [-0.4, -0.2) is 18.2 Å². The summed E-state index contributed by atoms with van der Waals surface area (Å²) in [5, 5.41) is 3.24. The smallest absolute Gasteiger partial charge is 0.224 e. The van der Waals surface area contributed by atoms with E-state index in [0.717, 1.165) is 54.3 Å². The third kappa shape index (κ3) is 6.25. The summed E-state index contributed by atoms with van der Waals surface area (Å²) in [4.78, 5) is 16.3. The zero-order chi connectivity index (χ0) is 22.6. The normalized spacial score (nSPS) is 14.2. The minimum atomic E-state index is -0.201. The number of benzene rings is 2. The molecule has 1 aliphatic heterocycles. The van der Waals surface area contributed by atoms with E-state index < -0.39 is 0 Å². The average Bonchev–Trinajstić information content (AvgIpc) is 2.88. The second-order valence-corrected chi connectivity index (χ2v) is 10.9. The molecule has 2 aromatic carbocycles. The van der Waals surface area contributed by atoms with Crippen LogP contribution in [0.1, 0.15) is 63.6 Å². The summed E-state index contributed by atoms with van der Waals surface area (Å²) >= 11 is 1.77. The van der Waals surface area contributed by atoms with Crippen LogP contribution >= 0.6 is 11.8 Å². The Morgan fingerprint density at radius 2 is 1.90 bits per heavy atom. The lowest BCUT2D eigenvalue weighted by atomic mass is 9.91. The first kappa shape index (κ1) is 23.6. The van der Waals surface area contributed by atoms with Crippen LogP contribution < -0.4 is 10.2 Å². The predicted molar refractivity (Wildman–Crippen MR) is 131 cm³/mol. The second kappa shape index (κ2) is 10.1. The van der Waals surface area contributed by atoms with E-state index >= 15 is 0 Å². The number of rotatable bonds is 6. The Kier molecular flexibility index (Phi) is 7.68. The molecule has 3 nitrogen and oxygen atoms in total. The van der Waals surface area contributed by atoms with E-state index in [1.165, 1.54) is 28.9 Å². The maximum Gasteiger partial charge on any atom is 0.224 e. The third-order valence-electron chi connectivity index (χ3n) is 5.64. The average molecular weight is 443 g/mol. The van der Waals surface area contributed by atoms with Crippen LogP contribution in [-0.2, 0) is 17.8 Å². The number of carbonyl (C=O) groups is 1. The van der Waals surface area contributed by atoms with Gasteiger partial charge in [-0.1, -0.05) is 39.8 Å².